The molecule has 0 aromatic heterocycles. The monoisotopic (exact) mass is 348 g/mol. The molecule has 1 atom stereocenters. The van der Waals surface area contributed by atoms with Gasteiger partial charge in [-0.3, -0.25) is 0 Å². The summed E-state index contributed by atoms with van der Waals surface area (Å²) in [7, 11) is 0. The molecule has 0 amide bonds. The largest absolute Gasteiger partial charge is 0.382 e. The van der Waals surface area contributed by atoms with Crippen molar-refractivity contribution in [1.82, 2.24) is 0 Å². The maximum Gasteiger partial charge on any atom is 0.0992 e. The lowest BCUT2D eigenvalue weighted by atomic mass is 9.83. The van der Waals surface area contributed by atoms with Crippen molar-refractivity contribution in [2.75, 3.05) is 11.9 Å². The second-order valence-electron chi connectivity index (χ2n) is 6.21. The Bertz CT molecular complexity index is 546. The predicted molar refractivity (Wildman–Crippen MR) is 87.3 cm³/mol. The van der Waals surface area contributed by atoms with Crippen molar-refractivity contribution in [3.05, 3.63) is 28.2 Å². The van der Waals surface area contributed by atoms with Gasteiger partial charge in [0.25, 0.3) is 0 Å². The minimum atomic E-state index is 0.187. The minimum Gasteiger partial charge on any atom is -0.382 e. The third-order valence-corrected chi connectivity index (χ3v) is 5.38. The van der Waals surface area contributed by atoms with Crippen LogP contribution in [0.25, 0.3) is 0 Å². The van der Waals surface area contributed by atoms with E-state index in [0.717, 1.165) is 23.1 Å². The number of nitriles is 1. The molecule has 1 aromatic carbocycles. The Morgan fingerprint density at radius 2 is 2.10 bits per heavy atom. The van der Waals surface area contributed by atoms with Crippen LogP contribution in [0.1, 0.15) is 50.5 Å². The van der Waals surface area contributed by atoms with Crippen LogP contribution in [0.15, 0.2) is 22.7 Å². The van der Waals surface area contributed by atoms with Crippen LogP contribution in [0.4, 0.5) is 5.69 Å². The minimum absolute atomic E-state index is 0.187. The summed E-state index contributed by atoms with van der Waals surface area (Å²) < 4.78 is 7.30. The summed E-state index contributed by atoms with van der Waals surface area (Å²) in [5.41, 5.74) is 1.89. The number of ether oxygens (including phenoxy) is 1. The number of nitrogens with one attached hydrogen (secondary N) is 1. The number of halogens is 1. The molecule has 1 saturated carbocycles. The molecule has 3 rings (SSSR count). The molecule has 2 fully saturated rings. The molecule has 1 saturated heterocycles. The Kier molecular flexibility index (Phi) is 4.51. The Hall–Kier alpha value is -1.05. The highest BCUT2D eigenvalue weighted by Crippen LogP contribution is 2.42. The zero-order chi connectivity index (χ0) is 14.7. The van der Waals surface area contributed by atoms with Gasteiger partial charge in [0.1, 0.15) is 0 Å². The lowest BCUT2D eigenvalue weighted by molar-refractivity contribution is -0.0588. The van der Waals surface area contributed by atoms with E-state index in [0.29, 0.717) is 11.7 Å². The second-order valence-corrected chi connectivity index (χ2v) is 7.06. The maximum atomic E-state index is 8.88. The number of hydrogen-bond donors (Lipinski definition) is 1. The first-order valence-electron chi connectivity index (χ1n) is 7.82. The van der Waals surface area contributed by atoms with Gasteiger partial charge in [0.05, 0.1) is 23.3 Å². The van der Waals surface area contributed by atoms with Crippen molar-refractivity contribution in [3.63, 3.8) is 0 Å². The number of benzene rings is 1. The highest BCUT2D eigenvalue weighted by Gasteiger charge is 2.40. The molecular formula is C17H21BrN2O. The van der Waals surface area contributed by atoms with Crippen LogP contribution >= 0.6 is 15.9 Å². The van der Waals surface area contributed by atoms with Gasteiger partial charge in [-0.2, -0.15) is 5.26 Å². The molecule has 1 spiro atoms. The van der Waals surface area contributed by atoms with Gasteiger partial charge in [-0.15, -0.1) is 0 Å². The van der Waals surface area contributed by atoms with Crippen LogP contribution in [0, 0.1) is 11.3 Å². The van der Waals surface area contributed by atoms with Gasteiger partial charge >= 0.3 is 0 Å². The van der Waals surface area contributed by atoms with Crippen molar-refractivity contribution in [2.24, 2.45) is 0 Å². The summed E-state index contributed by atoms with van der Waals surface area (Å²) >= 11 is 3.51. The van der Waals surface area contributed by atoms with Crippen LogP contribution in [-0.2, 0) is 4.74 Å². The number of hydrogen-bond acceptors (Lipinski definition) is 3. The van der Waals surface area contributed by atoms with E-state index >= 15 is 0 Å². The summed E-state index contributed by atoms with van der Waals surface area (Å²) in [5.74, 6) is 0. The van der Waals surface area contributed by atoms with Crippen molar-refractivity contribution in [1.29, 1.82) is 5.26 Å². The fraction of sp³-hybridized carbons (Fsp3) is 0.588. The van der Waals surface area contributed by atoms with Gasteiger partial charge in [0, 0.05) is 16.7 Å². The Morgan fingerprint density at radius 3 is 2.81 bits per heavy atom. The molecule has 2 aliphatic rings. The first-order valence-corrected chi connectivity index (χ1v) is 8.61. The molecule has 1 aliphatic carbocycles. The predicted octanol–water partition coefficient (Wildman–Crippen LogP) is 4.61. The second kappa shape index (κ2) is 6.37. The number of rotatable bonds is 3. The maximum absolute atomic E-state index is 8.88. The van der Waals surface area contributed by atoms with Crippen molar-refractivity contribution in [2.45, 2.75) is 56.7 Å². The molecule has 4 heteroatoms. The van der Waals surface area contributed by atoms with Gasteiger partial charge in [-0.25, -0.2) is 0 Å². The molecule has 1 aromatic rings. The first kappa shape index (κ1) is 14.9. The van der Waals surface area contributed by atoms with E-state index < -0.39 is 0 Å². The van der Waals surface area contributed by atoms with E-state index in [1.165, 1.54) is 38.5 Å². The van der Waals surface area contributed by atoms with Gasteiger partial charge in [0.2, 0.25) is 0 Å². The summed E-state index contributed by atoms with van der Waals surface area (Å²) in [4.78, 5) is 0. The van der Waals surface area contributed by atoms with E-state index in [1.54, 1.807) is 0 Å². The zero-order valence-corrected chi connectivity index (χ0v) is 13.8. The molecule has 112 valence electrons. The van der Waals surface area contributed by atoms with E-state index in [-0.39, 0.29) is 5.60 Å². The summed E-state index contributed by atoms with van der Waals surface area (Å²) in [5, 5.41) is 12.3. The van der Waals surface area contributed by atoms with Gasteiger partial charge < -0.3 is 10.1 Å². The average Bonchev–Trinajstić information content (AvgIpc) is 2.89. The molecule has 0 radical (unpaired) electrons. The SMILES string of the molecule is N#Cc1ccc(NCC2CCC3(CCCCC3)O2)c(Br)c1. The van der Waals surface area contributed by atoms with Crippen molar-refractivity contribution < 1.29 is 4.74 Å². The standard InChI is InChI=1S/C17H21BrN2O/c18-15-10-13(11-19)4-5-16(15)20-12-14-6-9-17(21-14)7-2-1-3-8-17/h4-5,10,14,20H,1-3,6-9,12H2. The number of nitrogens with zero attached hydrogens (tertiary/aromatic N) is 1. The summed E-state index contributed by atoms with van der Waals surface area (Å²) in [6, 6.07) is 7.79. The van der Waals surface area contributed by atoms with Crippen LogP contribution in [0.5, 0.6) is 0 Å². The quantitative estimate of drug-likeness (QED) is 0.866. The molecular weight excluding hydrogens is 328 g/mol. The molecule has 1 unspecified atom stereocenters. The van der Waals surface area contributed by atoms with Crippen molar-refractivity contribution in [3.8, 4) is 6.07 Å². The summed E-state index contributed by atoms with van der Waals surface area (Å²) in [6.45, 7) is 0.840. The van der Waals surface area contributed by atoms with Crippen LogP contribution in [0.3, 0.4) is 0 Å². The van der Waals surface area contributed by atoms with Crippen LogP contribution in [0.2, 0.25) is 0 Å². The van der Waals surface area contributed by atoms with E-state index in [2.05, 4.69) is 27.3 Å². The van der Waals surface area contributed by atoms with Gasteiger partial charge in [-0.1, -0.05) is 19.3 Å². The lowest BCUT2D eigenvalue weighted by Crippen LogP contribution is -2.33. The fourth-order valence-electron chi connectivity index (χ4n) is 3.55. The van der Waals surface area contributed by atoms with E-state index in [1.807, 2.05) is 18.2 Å². The molecule has 1 N–H and O–H groups in total. The average molecular weight is 349 g/mol. The molecule has 1 aliphatic heterocycles. The Labute approximate surface area is 134 Å². The van der Waals surface area contributed by atoms with Crippen LogP contribution < -0.4 is 5.32 Å². The van der Waals surface area contributed by atoms with E-state index in [4.69, 9.17) is 10.00 Å². The van der Waals surface area contributed by atoms with Gasteiger partial charge in [0.15, 0.2) is 0 Å². The Morgan fingerprint density at radius 1 is 1.29 bits per heavy atom. The molecule has 21 heavy (non-hydrogen) atoms. The van der Waals surface area contributed by atoms with Crippen LogP contribution in [-0.4, -0.2) is 18.2 Å². The highest BCUT2D eigenvalue weighted by molar-refractivity contribution is 9.10. The fourth-order valence-corrected chi connectivity index (χ4v) is 4.07. The zero-order valence-electron chi connectivity index (χ0n) is 12.2. The number of anilines is 1. The van der Waals surface area contributed by atoms with E-state index in [9.17, 15) is 0 Å². The smallest absolute Gasteiger partial charge is 0.0992 e. The lowest BCUT2D eigenvalue weighted by Gasteiger charge is -2.33. The third kappa shape index (κ3) is 3.41. The van der Waals surface area contributed by atoms with Gasteiger partial charge in [-0.05, 0) is 59.8 Å². The third-order valence-electron chi connectivity index (χ3n) is 4.72. The molecule has 0 bridgehead atoms. The first-order chi connectivity index (χ1) is 10.2. The van der Waals surface area contributed by atoms with Crippen molar-refractivity contribution >= 4 is 21.6 Å². The Balaban J connectivity index is 1.55. The topological polar surface area (TPSA) is 45.0 Å². The highest BCUT2D eigenvalue weighted by atomic mass is 79.9. The molecule has 3 nitrogen and oxygen atoms in total. The summed E-state index contributed by atoms with van der Waals surface area (Å²) in [6.07, 6.45) is 9.17. The normalized spacial score (nSPS) is 23.9. The molecule has 1 heterocycles.